The molecule has 10 heteroatoms. The predicted octanol–water partition coefficient (Wildman–Crippen LogP) is 4.36. The number of benzene rings is 3. The number of nitrogens with one attached hydrogen (secondary N) is 1. The second kappa shape index (κ2) is 13.2. The van der Waals surface area contributed by atoms with Crippen LogP contribution >= 0.6 is 0 Å². The van der Waals surface area contributed by atoms with Crippen molar-refractivity contribution in [2.45, 2.75) is 50.7 Å². The summed E-state index contributed by atoms with van der Waals surface area (Å²) < 4.78 is 48.2. The molecule has 3 rings (SSSR count). The number of sulfonamides is 1. The largest absolute Gasteiger partial charge is 0.497 e. The van der Waals surface area contributed by atoms with Gasteiger partial charge in [0.15, 0.2) is 0 Å². The van der Waals surface area contributed by atoms with Gasteiger partial charge in [0.1, 0.15) is 24.2 Å². The molecule has 3 aromatic carbocycles. The lowest BCUT2D eigenvalue weighted by Gasteiger charge is -2.32. The van der Waals surface area contributed by atoms with E-state index < -0.39 is 40.2 Å². The molecule has 0 bridgehead atoms. The van der Waals surface area contributed by atoms with Crippen LogP contribution in [0.15, 0.2) is 83.8 Å². The van der Waals surface area contributed by atoms with Gasteiger partial charge in [0.05, 0.1) is 17.7 Å². The molecule has 0 aromatic heterocycles. The highest BCUT2D eigenvalue weighted by Crippen LogP contribution is 2.26. The summed E-state index contributed by atoms with van der Waals surface area (Å²) in [5.74, 6) is -1.13. The van der Waals surface area contributed by atoms with Gasteiger partial charge in [-0.15, -0.1) is 0 Å². The van der Waals surface area contributed by atoms with Crippen molar-refractivity contribution < 1.29 is 27.1 Å². The summed E-state index contributed by atoms with van der Waals surface area (Å²) in [5.41, 5.74) is 0.475. The average Bonchev–Trinajstić information content (AvgIpc) is 2.95. The van der Waals surface area contributed by atoms with Crippen LogP contribution in [0.1, 0.15) is 32.8 Å². The summed E-state index contributed by atoms with van der Waals surface area (Å²) in [7, 11) is -2.73. The number of carbonyl (C=O) groups is 2. The number of carbonyl (C=O) groups excluding carboxylic acids is 2. The molecule has 0 radical (unpaired) electrons. The van der Waals surface area contributed by atoms with E-state index in [-0.39, 0.29) is 28.7 Å². The van der Waals surface area contributed by atoms with Gasteiger partial charge in [-0.3, -0.25) is 13.9 Å². The number of halogens is 1. The molecular formula is C29H34FN3O5S. The summed E-state index contributed by atoms with van der Waals surface area (Å²) in [6, 6.07) is 18.9. The van der Waals surface area contributed by atoms with Gasteiger partial charge in [-0.2, -0.15) is 0 Å². The van der Waals surface area contributed by atoms with E-state index in [9.17, 15) is 22.4 Å². The normalized spacial score (nSPS) is 12.7. The van der Waals surface area contributed by atoms with Crippen molar-refractivity contribution in [1.29, 1.82) is 0 Å². The van der Waals surface area contributed by atoms with Crippen LogP contribution < -0.4 is 14.4 Å². The highest BCUT2D eigenvalue weighted by molar-refractivity contribution is 7.92. The topological polar surface area (TPSA) is 96.0 Å². The van der Waals surface area contributed by atoms with Crippen molar-refractivity contribution in [3.63, 3.8) is 0 Å². The second-order valence-electron chi connectivity index (χ2n) is 9.13. The minimum absolute atomic E-state index is 0.0387. The van der Waals surface area contributed by atoms with E-state index in [1.165, 1.54) is 54.5 Å². The fourth-order valence-electron chi connectivity index (χ4n) is 3.86. The molecule has 0 fully saturated rings. The van der Waals surface area contributed by atoms with Crippen molar-refractivity contribution >= 4 is 27.5 Å². The third-order valence-corrected chi connectivity index (χ3v) is 8.23. The highest BCUT2D eigenvalue weighted by Gasteiger charge is 2.33. The smallest absolute Gasteiger partial charge is 0.264 e. The Balaban J connectivity index is 2.01. The van der Waals surface area contributed by atoms with Crippen LogP contribution in [0.3, 0.4) is 0 Å². The minimum Gasteiger partial charge on any atom is -0.497 e. The van der Waals surface area contributed by atoms with Crippen LogP contribution in [0.4, 0.5) is 10.1 Å². The molecule has 0 saturated carbocycles. The summed E-state index contributed by atoms with van der Waals surface area (Å²) in [4.78, 5) is 28.0. The number of rotatable bonds is 12. The maximum absolute atomic E-state index is 14.6. The number of hydrogen-bond acceptors (Lipinski definition) is 5. The predicted molar refractivity (Wildman–Crippen MR) is 148 cm³/mol. The van der Waals surface area contributed by atoms with Crippen molar-refractivity contribution in [3.05, 3.63) is 90.2 Å². The Labute approximate surface area is 229 Å². The number of para-hydroxylation sites is 1. The summed E-state index contributed by atoms with van der Waals surface area (Å²) in [6.07, 6.45) is 0.682. The van der Waals surface area contributed by atoms with Crippen LogP contribution in [0.2, 0.25) is 0 Å². The Kier molecular flexibility index (Phi) is 10.1. The second-order valence-corrected chi connectivity index (χ2v) is 11.0. The van der Waals surface area contributed by atoms with E-state index in [0.717, 1.165) is 4.31 Å². The monoisotopic (exact) mass is 555 g/mol. The van der Waals surface area contributed by atoms with Gasteiger partial charge < -0.3 is 15.0 Å². The minimum atomic E-state index is -4.20. The Morgan fingerprint density at radius 2 is 1.56 bits per heavy atom. The molecule has 39 heavy (non-hydrogen) atoms. The van der Waals surface area contributed by atoms with Gasteiger partial charge in [0.2, 0.25) is 11.8 Å². The fourth-order valence-corrected chi connectivity index (χ4v) is 5.27. The zero-order valence-electron chi connectivity index (χ0n) is 22.5. The first-order valence-electron chi connectivity index (χ1n) is 12.6. The van der Waals surface area contributed by atoms with Gasteiger partial charge in [0.25, 0.3) is 10.0 Å². The Hall–Kier alpha value is -3.92. The molecule has 0 aliphatic rings. The zero-order chi connectivity index (χ0) is 28.6. The molecule has 0 saturated heterocycles. The van der Waals surface area contributed by atoms with Crippen molar-refractivity contribution in [2.24, 2.45) is 0 Å². The van der Waals surface area contributed by atoms with Crippen LogP contribution in [0.25, 0.3) is 0 Å². The van der Waals surface area contributed by atoms with Gasteiger partial charge in [-0.1, -0.05) is 43.3 Å². The average molecular weight is 556 g/mol. The van der Waals surface area contributed by atoms with E-state index in [1.54, 1.807) is 43.3 Å². The molecule has 0 spiro atoms. The molecule has 1 N–H and O–H groups in total. The van der Waals surface area contributed by atoms with Crippen molar-refractivity contribution in [2.75, 3.05) is 18.0 Å². The van der Waals surface area contributed by atoms with Crippen molar-refractivity contribution in [1.82, 2.24) is 10.2 Å². The molecular weight excluding hydrogens is 521 g/mol. The molecule has 8 nitrogen and oxygen atoms in total. The van der Waals surface area contributed by atoms with E-state index in [2.05, 4.69) is 5.32 Å². The lowest BCUT2D eigenvalue weighted by Crippen LogP contribution is -2.52. The number of hydrogen-bond donors (Lipinski definition) is 1. The van der Waals surface area contributed by atoms with E-state index in [4.69, 9.17) is 4.74 Å². The number of methoxy groups -OCH3 is 1. The van der Waals surface area contributed by atoms with Gasteiger partial charge >= 0.3 is 0 Å². The SMILES string of the molecule is CC[C@@H](C)NC(=O)[C@H](C)N(Cc1ccccc1F)C(=O)CN(c1ccccc1)S(=O)(=O)c1ccc(OC)cc1. The Morgan fingerprint density at radius 3 is 2.15 bits per heavy atom. The fraction of sp³-hybridized carbons (Fsp3) is 0.310. The molecule has 0 aliphatic carbocycles. The lowest BCUT2D eigenvalue weighted by molar-refractivity contribution is -0.139. The van der Waals surface area contributed by atoms with Crippen molar-refractivity contribution in [3.8, 4) is 5.75 Å². The molecule has 0 aliphatic heterocycles. The number of nitrogens with zero attached hydrogens (tertiary/aromatic N) is 2. The highest BCUT2D eigenvalue weighted by atomic mass is 32.2. The first kappa shape index (κ1) is 29.6. The summed E-state index contributed by atoms with van der Waals surface area (Å²) in [5, 5.41) is 2.85. The third kappa shape index (κ3) is 7.35. The molecule has 2 atom stereocenters. The van der Waals surface area contributed by atoms with Crippen LogP contribution in [-0.2, 0) is 26.2 Å². The first-order valence-corrected chi connectivity index (χ1v) is 14.1. The molecule has 208 valence electrons. The summed E-state index contributed by atoms with van der Waals surface area (Å²) in [6.45, 7) is 4.48. The molecule has 0 unspecified atom stereocenters. The molecule has 3 aromatic rings. The van der Waals surface area contributed by atoms with Crippen LogP contribution in [0, 0.1) is 5.82 Å². The maximum atomic E-state index is 14.6. The molecule has 2 amide bonds. The lowest BCUT2D eigenvalue weighted by atomic mass is 10.1. The quantitative estimate of drug-likeness (QED) is 0.358. The van der Waals surface area contributed by atoms with Gasteiger partial charge in [-0.25, -0.2) is 12.8 Å². The number of ether oxygens (including phenoxy) is 1. The number of amides is 2. The van der Waals surface area contributed by atoms with E-state index >= 15 is 0 Å². The van der Waals surface area contributed by atoms with Gasteiger partial charge in [0, 0.05) is 18.2 Å². The standard InChI is InChI=1S/C29H34FN3O5S/c1-5-21(2)31-29(35)22(3)32(19-23-11-9-10-14-27(23)30)28(34)20-33(24-12-7-6-8-13-24)39(36,37)26-17-15-25(38-4)16-18-26/h6-18,21-22H,5,19-20H2,1-4H3,(H,31,35)/t21-,22+/m1/s1. The molecule has 0 heterocycles. The van der Waals surface area contributed by atoms with E-state index in [1.807, 2.05) is 13.8 Å². The summed E-state index contributed by atoms with van der Waals surface area (Å²) >= 11 is 0. The zero-order valence-corrected chi connectivity index (χ0v) is 23.3. The van der Waals surface area contributed by atoms with E-state index in [0.29, 0.717) is 12.2 Å². The number of anilines is 1. The van der Waals surface area contributed by atoms with Crippen LogP contribution in [-0.4, -0.2) is 50.9 Å². The maximum Gasteiger partial charge on any atom is 0.264 e. The Morgan fingerprint density at radius 1 is 0.949 bits per heavy atom. The van der Waals surface area contributed by atoms with Gasteiger partial charge in [-0.05, 0) is 62.7 Å². The van der Waals surface area contributed by atoms with Crippen LogP contribution in [0.5, 0.6) is 5.75 Å². The third-order valence-electron chi connectivity index (χ3n) is 6.44. The Bertz CT molecular complexity index is 1370. The first-order chi connectivity index (χ1) is 18.6.